The molecule has 0 aromatic heterocycles. The molecule has 4 nitrogen and oxygen atoms in total. The standard InChI is InChI=1S/C24H34N2O2/c1-24(2,3)21-9-11-23(12-10-21)28-19-22(27)18-26-15-13-25(14-16-26)17-20-7-5-4-6-8-20/h4-12,22,27H,13-19H2,1-3H3. The highest BCUT2D eigenvalue weighted by molar-refractivity contribution is 5.31. The predicted molar refractivity (Wildman–Crippen MR) is 115 cm³/mol. The molecule has 1 heterocycles. The lowest BCUT2D eigenvalue weighted by atomic mass is 9.87. The summed E-state index contributed by atoms with van der Waals surface area (Å²) in [6, 6.07) is 18.8. The maximum atomic E-state index is 10.4. The summed E-state index contributed by atoms with van der Waals surface area (Å²) >= 11 is 0. The van der Waals surface area contributed by atoms with Crippen LogP contribution in [0.2, 0.25) is 0 Å². The molecule has 152 valence electrons. The maximum absolute atomic E-state index is 10.4. The number of nitrogens with zero attached hydrogens (tertiary/aromatic N) is 2. The van der Waals surface area contributed by atoms with E-state index in [1.807, 2.05) is 12.1 Å². The summed E-state index contributed by atoms with van der Waals surface area (Å²) in [5.41, 5.74) is 2.79. The summed E-state index contributed by atoms with van der Waals surface area (Å²) in [4.78, 5) is 4.81. The van der Waals surface area contributed by atoms with Crippen LogP contribution in [0, 0.1) is 0 Å². The van der Waals surface area contributed by atoms with Crippen LogP contribution in [-0.4, -0.2) is 60.3 Å². The maximum Gasteiger partial charge on any atom is 0.119 e. The van der Waals surface area contributed by atoms with Crippen LogP contribution >= 0.6 is 0 Å². The molecule has 1 unspecified atom stereocenters. The first kappa shape index (κ1) is 20.8. The molecule has 1 aliphatic rings. The Morgan fingerprint density at radius 2 is 1.50 bits per heavy atom. The number of ether oxygens (including phenoxy) is 1. The zero-order valence-corrected chi connectivity index (χ0v) is 17.5. The highest BCUT2D eigenvalue weighted by Gasteiger charge is 2.20. The molecular weight excluding hydrogens is 348 g/mol. The van der Waals surface area contributed by atoms with E-state index in [-0.39, 0.29) is 5.41 Å². The number of aliphatic hydroxyl groups excluding tert-OH is 1. The largest absolute Gasteiger partial charge is 0.491 e. The normalized spacial score (nSPS) is 17.4. The van der Waals surface area contributed by atoms with Gasteiger partial charge in [-0.05, 0) is 28.7 Å². The second-order valence-corrected chi connectivity index (χ2v) is 8.80. The van der Waals surface area contributed by atoms with Crippen LogP contribution in [0.4, 0.5) is 0 Å². The van der Waals surface area contributed by atoms with Crippen molar-refractivity contribution < 1.29 is 9.84 Å². The molecule has 0 amide bonds. The lowest BCUT2D eigenvalue weighted by Crippen LogP contribution is -2.48. The Morgan fingerprint density at radius 1 is 0.893 bits per heavy atom. The third kappa shape index (κ3) is 6.33. The van der Waals surface area contributed by atoms with Gasteiger partial charge in [0, 0.05) is 39.3 Å². The molecule has 0 aliphatic carbocycles. The minimum atomic E-state index is -0.469. The summed E-state index contributed by atoms with van der Waals surface area (Å²) in [5.74, 6) is 0.819. The molecule has 1 N–H and O–H groups in total. The number of aliphatic hydroxyl groups is 1. The van der Waals surface area contributed by atoms with Crippen LogP contribution in [0.25, 0.3) is 0 Å². The third-order valence-corrected chi connectivity index (χ3v) is 5.35. The fraction of sp³-hybridized carbons (Fsp3) is 0.500. The van der Waals surface area contributed by atoms with Gasteiger partial charge in [0.25, 0.3) is 0 Å². The number of hydrogen-bond acceptors (Lipinski definition) is 4. The molecule has 1 atom stereocenters. The zero-order chi connectivity index (χ0) is 20.0. The molecule has 0 radical (unpaired) electrons. The fourth-order valence-corrected chi connectivity index (χ4v) is 3.57. The second kappa shape index (κ2) is 9.55. The van der Waals surface area contributed by atoms with Crippen molar-refractivity contribution in [2.45, 2.75) is 38.8 Å². The van der Waals surface area contributed by atoms with Crippen molar-refractivity contribution in [1.82, 2.24) is 9.80 Å². The van der Waals surface area contributed by atoms with Gasteiger partial charge in [-0.3, -0.25) is 9.80 Å². The van der Waals surface area contributed by atoms with E-state index in [9.17, 15) is 5.11 Å². The molecule has 1 saturated heterocycles. The van der Waals surface area contributed by atoms with Crippen molar-refractivity contribution in [2.75, 3.05) is 39.3 Å². The molecule has 1 fully saturated rings. The highest BCUT2D eigenvalue weighted by atomic mass is 16.5. The summed E-state index contributed by atoms with van der Waals surface area (Å²) in [6.07, 6.45) is -0.469. The summed E-state index contributed by atoms with van der Waals surface area (Å²) < 4.78 is 5.79. The number of piperazine rings is 1. The lowest BCUT2D eigenvalue weighted by Gasteiger charge is -2.35. The Balaban J connectivity index is 1.37. The Labute approximate surface area is 169 Å². The van der Waals surface area contributed by atoms with Gasteiger partial charge in [-0.25, -0.2) is 0 Å². The van der Waals surface area contributed by atoms with Gasteiger partial charge < -0.3 is 9.84 Å². The van der Waals surface area contributed by atoms with E-state index in [2.05, 4.69) is 73.0 Å². The quantitative estimate of drug-likeness (QED) is 0.795. The molecule has 3 rings (SSSR count). The Bertz CT molecular complexity index is 702. The summed E-state index contributed by atoms with van der Waals surface area (Å²) in [6.45, 7) is 12.7. The molecule has 2 aromatic rings. The molecule has 0 saturated carbocycles. The average molecular weight is 383 g/mol. The first-order valence-corrected chi connectivity index (χ1v) is 10.3. The second-order valence-electron chi connectivity index (χ2n) is 8.80. The van der Waals surface area contributed by atoms with Crippen LogP contribution in [0.5, 0.6) is 5.75 Å². The van der Waals surface area contributed by atoms with Crippen LogP contribution in [-0.2, 0) is 12.0 Å². The number of benzene rings is 2. The zero-order valence-electron chi connectivity index (χ0n) is 17.5. The van der Waals surface area contributed by atoms with Crippen LogP contribution in [0.15, 0.2) is 54.6 Å². The Morgan fingerprint density at radius 3 is 2.11 bits per heavy atom. The van der Waals surface area contributed by atoms with Gasteiger partial charge in [-0.2, -0.15) is 0 Å². The lowest BCUT2D eigenvalue weighted by molar-refractivity contribution is 0.0446. The average Bonchev–Trinajstić information content (AvgIpc) is 2.68. The molecular formula is C24H34N2O2. The monoisotopic (exact) mass is 382 g/mol. The summed E-state index contributed by atoms with van der Waals surface area (Å²) in [5, 5.41) is 10.4. The smallest absolute Gasteiger partial charge is 0.119 e. The van der Waals surface area contributed by atoms with E-state index in [4.69, 9.17) is 4.74 Å². The van der Waals surface area contributed by atoms with Crippen molar-refractivity contribution >= 4 is 0 Å². The first-order valence-electron chi connectivity index (χ1n) is 10.3. The van der Waals surface area contributed by atoms with E-state index < -0.39 is 6.10 Å². The SMILES string of the molecule is CC(C)(C)c1ccc(OCC(O)CN2CCN(Cc3ccccc3)CC2)cc1. The van der Waals surface area contributed by atoms with Gasteiger partial charge in [0.05, 0.1) is 0 Å². The number of hydrogen-bond donors (Lipinski definition) is 1. The van der Waals surface area contributed by atoms with Crippen molar-refractivity contribution in [3.8, 4) is 5.75 Å². The predicted octanol–water partition coefficient (Wildman–Crippen LogP) is 3.54. The van der Waals surface area contributed by atoms with Gasteiger partial charge in [0.1, 0.15) is 18.5 Å². The fourth-order valence-electron chi connectivity index (χ4n) is 3.57. The molecule has 2 aromatic carbocycles. The number of rotatable bonds is 7. The molecule has 1 aliphatic heterocycles. The molecule has 28 heavy (non-hydrogen) atoms. The highest BCUT2D eigenvalue weighted by Crippen LogP contribution is 2.24. The topological polar surface area (TPSA) is 35.9 Å². The van der Waals surface area contributed by atoms with Crippen LogP contribution < -0.4 is 4.74 Å². The van der Waals surface area contributed by atoms with Gasteiger partial charge in [0.15, 0.2) is 0 Å². The van der Waals surface area contributed by atoms with Gasteiger partial charge >= 0.3 is 0 Å². The van der Waals surface area contributed by atoms with Gasteiger partial charge in [-0.15, -0.1) is 0 Å². The van der Waals surface area contributed by atoms with Crippen molar-refractivity contribution in [1.29, 1.82) is 0 Å². The Hall–Kier alpha value is -1.88. The first-order chi connectivity index (χ1) is 13.4. The van der Waals surface area contributed by atoms with E-state index >= 15 is 0 Å². The van der Waals surface area contributed by atoms with E-state index in [1.54, 1.807) is 0 Å². The third-order valence-electron chi connectivity index (χ3n) is 5.35. The molecule has 4 heteroatoms. The van der Waals surface area contributed by atoms with Crippen LogP contribution in [0.3, 0.4) is 0 Å². The Kier molecular flexibility index (Phi) is 7.11. The van der Waals surface area contributed by atoms with Crippen molar-refractivity contribution in [3.05, 3.63) is 65.7 Å². The summed E-state index contributed by atoms with van der Waals surface area (Å²) in [7, 11) is 0. The van der Waals surface area contributed by atoms with E-state index in [0.717, 1.165) is 38.5 Å². The number of β-amino-alcohol motifs (C(OH)–C–C–N with tert-alkyl or cyclic N) is 1. The van der Waals surface area contributed by atoms with Crippen molar-refractivity contribution in [3.63, 3.8) is 0 Å². The van der Waals surface area contributed by atoms with Gasteiger partial charge in [-0.1, -0.05) is 63.2 Å². The molecule has 0 bridgehead atoms. The van der Waals surface area contributed by atoms with Crippen LogP contribution in [0.1, 0.15) is 31.9 Å². The van der Waals surface area contributed by atoms with E-state index in [0.29, 0.717) is 13.2 Å². The minimum absolute atomic E-state index is 0.140. The molecule has 0 spiro atoms. The minimum Gasteiger partial charge on any atom is -0.491 e. The van der Waals surface area contributed by atoms with Crippen molar-refractivity contribution in [2.24, 2.45) is 0 Å². The van der Waals surface area contributed by atoms with E-state index in [1.165, 1.54) is 11.1 Å². The van der Waals surface area contributed by atoms with Gasteiger partial charge in [0.2, 0.25) is 0 Å².